The molecule has 0 aliphatic heterocycles. The molecule has 0 saturated heterocycles. The molecule has 0 bridgehead atoms. The van der Waals surface area contributed by atoms with E-state index in [9.17, 15) is 107 Å². The van der Waals surface area contributed by atoms with Gasteiger partial charge in [-0.15, -0.1) is 0 Å². The molecule has 0 saturated carbocycles. The number of nitrogens with one attached hydrogen (secondary N) is 11. The number of aliphatic hydroxyl groups is 3. The number of carbonyl (C=O) groups excluding carboxylic acids is 15. The highest BCUT2D eigenvalue weighted by molar-refractivity contribution is 6.01. The number of aliphatic hydroxyl groups excluding tert-OH is 3. The third-order valence-corrected chi connectivity index (χ3v) is 14.5. The topological polar surface area (TPSA) is 718 Å². The highest BCUT2D eigenvalue weighted by atomic mass is 16.4. The number of rotatable bonds is 46. The van der Waals surface area contributed by atoms with Gasteiger partial charge in [-0.25, -0.2) is 4.79 Å². The fraction of sp³-hybridized carbons (Fsp3) is 0.500. The largest absolute Gasteiger partial charge is 0.481 e. The van der Waals surface area contributed by atoms with Crippen molar-refractivity contribution in [1.29, 1.82) is 0 Å². The molecule has 15 amide bonds. The minimum Gasteiger partial charge on any atom is -0.481 e. The molecule has 41 heteroatoms. The van der Waals surface area contributed by atoms with Crippen LogP contribution < -0.4 is 98.6 Å². The van der Waals surface area contributed by atoms with Crippen LogP contribution in [0.4, 0.5) is 0 Å². The van der Waals surface area contributed by atoms with E-state index < -0.39 is 243 Å². The van der Waals surface area contributed by atoms with E-state index in [4.69, 9.17) is 40.1 Å². The summed E-state index contributed by atoms with van der Waals surface area (Å²) in [6.07, 6.45) is -9.83. The third kappa shape index (κ3) is 32.2. The van der Waals surface area contributed by atoms with Crippen LogP contribution >= 0.6 is 0 Å². The molecule has 2 rings (SSSR count). The van der Waals surface area contributed by atoms with Gasteiger partial charge in [0.2, 0.25) is 88.6 Å². The van der Waals surface area contributed by atoms with Gasteiger partial charge in [0.05, 0.1) is 44.1 Å². The van der Waals surface area contributed by atoms with E-state index in [1.807, 2.05) is 0 Å². The lowest BCUT2D eigenvalue weighted by atomic mass is 10.0. The molecule has 556 valence electrons. The van der Waals surface area contributed by atoms with Gasteiger partial charge in [0.25, 0.3) is 0 Å². The Bertz CT molecular complexity index is 3300. The zero-order valence-electron chi connectivity index (χ0n) is 55.2. The van der Waals surface area contributed by atoms with Gasteiger partial charge >= 0.3 is 11.9 Å². The molecule has 30 N–H and O–H groups in total. The molecule has 0 aliphatic rings. The predicted octanol–water partition coefficient (Wildman–Crippen LogP) is -11.2. The lowest BCUT2D eigenvalue weighted by Gasteiger charge is -2.28. The maximum atomic E-state index is 14.3. The van der Waals surface area contributed by atoms with E-state index >= 15 is 0 Å². The third-order valence-electron chi connectivity index (χ3n) is 14.5. The highest BCUT2D eigenvalue weighted by Gasteiger charge is 2.39. The minimum absolute atomic E-state index is 0.00392. The van der Waals surface area contributed by atoms with Crippen molar-refractivity contribution >= 4 is 107 Å². The Morgan fingerprint density at radius 2 is 0.752 bits per heavy atom. The predicted molar refractivity (Wildman–Crippen MR) is 350 cm³/mol. The Kier molecular flexibility index (Phi) is 36.5. The molecular formula is C60H89N19O22. The van der Waals surface area contributed by atoms with Gasteiger partial charge in [-0.05, 0) is 64.0 Å². The fourth-order valence-electron chi connectivity index (χ4n) is 9.18. The first-order chi connectivity index (χ1) is 47.3. The molecule has 101 heavy (non-hydrogen) atoms. The molecule has 14 atom stereocenters. The number of hydrogen-bond acceptors (Lipinski definition) is 22. The van der Waals surface area contributed by atoms with Crippen molar-refractivity contribution < 1.29 is 107 Å². The first-order valence-corrected chi connectivity index (χ1v) is 31.1. The normalized spacial score (nSPS) is 15.0. The number of aliphatic imine (C=N–C) groups is 1. The maximum Gasteiger partial charge on any atom is 0.326 e. The Hall–Kier alpha value is -11.5. The second-order valence-electron chi connectivity index (χ2n) is 23.1. The van der Waals surface area contributed by atoms with Gasteiger partial charge in [0.15, 0.2) is 5.96 Å². The van der Waals surface area contributed by atoms with Crippen molar-refractivity contribution in [3.05, 3.63) is 71.8 Å². The van der Waals surface area contributed by atoms with Crippen LogP contribution in [0.5, 0.6) is 0 Å². The molecule has 2 aromatic rings. The van der Waals surface area contributed by atoms with E-state index in [-0.39, 0.29) is 31.8 Å². The molecule has 0 heterocycles. The number of guanidine groups is 1. The molecule has 41 nitrogen and oxygen atoms in total. The van der Waals surface area contributed by atoms with Crippen LogP contribution in [0, 0.1) is 0 Å². The SMILES string of the molecule is C[C@H](NC(=O)[C@H](CCC(N)=O)NC(=O)[C@@H](NC(=O)[C@H](CC(N)=O)NC(=O)[C@H](Cc1ccccc1)NC(=O)[C@H](CC(N)=O)NC(=O)[C@H](CO)NC(=O)[C@H](CCC(=O)O)NC(=O)[C@@H](N)Cc1ccccc1)[C@@H](C)O)C(=O)N[C@H](C(=O)N[C@@H](CC(N)=O)C(=O)N[C@@H](CCCN=C(N)N)C(=O)O)[C@@H](C)O. The van der Waals surface area contributed by atoms with Crippen LogP contribution in [-0.4, -0.2) is 230 Å². The molecular weight excluding hydrogens is 1340 g/mol. The second kappa shape index (κ2) is 43.1. The Morgan fingerprint density at radius 3 is 1.18 bits per heavy atom. The summed E-state index contributed by atoms with van der Waals surface area (Å²) in [5.41, 5.74) is 39.1. The van der Waals surface area contributed by atoms with Crippen molar-refractivity contribution in [3.8, 4) is 0 Å². The van der Waals surface area contributed by atoms with E-state index in [1.165, 1.54) is 24.3 Å². The summed E-state index contributed by atoms with van der Waals surface area (Å²) >= 11 is 0. The van der Waals surface area contributed by atoms with E-state index in [1.54, 1.807) is 36.4 Å². The summed E-state index contributed by atoms with van der Waals surface area (Å²) in [5, 5.41) is 74.7. The van der Waals surface area contributed by atoms with Crippen LogP contribution in [0.2, 0.25) is 0 Å². The smallest absolute Gasteiger partial charge is 0.326 e. The van der Waals surface area contributed by atoms with Crippen LogP contribution in [0.1, 0.15) is 89.7 Å². The van der Waals surface area contributed by atoms with Gasteiger partial charge in [0, 0.05) is 25.8 Å². The fourth-order valence-corrected chi connectivity index (χ4v) is 9.18. The lowest BCUT2D eigenvalue weighted by Crippen LogP contribution is -2.63. The number of carboxylic acid groups (broad SMARTS) is 2. The van der Waals surface area contributed by atoms with E-state index in [0.29, 0.717) is 11.1 Å². The Morgan fingerprint density at radius 1 is 0.396 bits per heavy atom. The molecule has 0 unspecified atom stereocenters. The van der Waals surface area contributed by atoms with Gasteiger partial charge < -0.3 is 124 Å². The molecule has 0 radical (unpaired) electrons. The highest BCUT2D eigenvalue weighted by Crippen LogP contribution is 2.11. The summed E-state index contributed by atoms with van der Waals surface area (Å²) in [6, 6.07) is -5.96. The molecule has 0 aliphatic carbocycles. The first kappa shape index (κ1) is 85.6. The quantitative estimate of drug-likeness (QED) is 0.0166. The van der Waals surface area contributed by atoms with Crippen LogP contribution in [-0.2, 0) is 94.3 Å². The lowest BCUT2D eigenvalue weighted by molar-refractivity contribution is -0.143. The van der Waals surface area contributed by atoms with Crippen molar-refractivity contribution in [2.24, 2.45) is 45.1 Å². The number of nitrogens with two attached hydrogens (primary N) is 7. The summed E-state index contributed by atoms with van der Waals surface area (Å²) in [5.74, 6) is -21.8. The number of carbonyl (C=O) groups is 17. The van der Waals surface area contributed by atoms with Gasteiger partial charge in [0.1, 0.15) is 66.5 Å². The number of benzene rings is 2. The zero-order chi connectivity index (χ0) is 76.4. The van der Waals surface area contributed by atoms with Crippen molar-refractivity contribution in [3.63, 3.8) is 0 Å². The number of carboxylic acids is 2. The molecule has 2 aromatic carbocycles. The number of primary amides is 4. The molecule has 0 fully saturated rings. The van der Waals surface area contributed by atoms with Gasteiger partial charge in [-0.2, -0.15) is 0 Å². The summed E-state index contributed by atoms with van der Waals surface area (Å²) < 4.78 is 0. The Balaban J connectivity index is 2.40. The first-order valence-electron chi connectivity index (χ1n) is 31.1. The monoisotopic (exact) mass is 1430 g/mol. The van der Waals surface area contributed by atoms with Crippen molar-refractivity contribution in [2.75, 3.05) is 13.2 Å². The number of amides is 15. The summed E-state index contributed by atoms with van der Waals surface area (Å²) in [6.45, 7) is 1.78. The van der Waals surface area contributed by atoms with Crippen LogP contribution in [0.3, 0.4) is 0 Å². The van der Waals surface area contributed by atoms with E-state index in [2.05, 4.69) is 63.5 Å². The average Bonchev–Trinajstić information content (AvgIpc) is 0.863. The molecule has 0 aromatic heterocycles. The van der Waals surface area contributed by atoms with Crippen molar-refractivity contribution in [2.45, 2.75) is 176 Å². The van der Waals surface area contributed by atoms with Gasteiger partial charge in [-0.3, -0.25) is 81.7 Å². The minimum atomic E-state index is -2.13. The average molecular weight is 1430 g/mol. The maximum absolute atomic E-state index is 14.3. The standard InChI is InChI=1S/C60H89N19O22/c1-27(48(89)78-46(28(2)81)58(99)76-38(24-43(64)85)53(94)72-35(59(100)101)15-10-20-68-60(66)67)69-50(91)33(16-18-41(62)83)71-57(98)47(29(3)82)79-55(96)39(25-44(65)86)74-52(93)36(22-31-13-8-5-9-14-31)73-54(95)37(23-42(63)84)75-56(97)40(26-80)77-51(92)34(17-19-45(87)88)70-49(90)32(61)21-30-11-6-4-7-12-30/h4-9,11-14,27-29,32-40,46-47,80-82H,10,15-26,61H2,1-3H3,(H2,62,83)(H2,63,84)(H2,64,85)(H2,65,86)(H,69,91)(H,70,90)(H,71,98)(H,72,94)(H,73,95)(H,74,93)(H,75,97)(H,76,99)(H,77,92)(H,78,89)(H,79,96)(H,87,88)(H,100,101)(H4,66,67,68)/t27-,28+,29+,32-,33-,34-,35-,36-,37-,38-,39-,40-,46-,47-/m0/s1. The number of aliphatic carboxylic acids is 2. The summed E-state index contributed by atoms with van der Waals surface area (Å²) in [7, 11) is 0. The van der Waals surface area contributed by atoms with Crippen molar-refractivity contribution in [1.82, 2.24) is 58.5 Å². The van der Waals surface area contributed by atoms with E-state index in [0.717, 1.165) is 20.8 Å². The second-order valence-corrected chi connectivity index (χ2v) is 23.1. The number of nitrogens with zero attached hydrogens (tertiary/aromatic N) is 1. The summed E-state index contributed by atoms with van der Waals surface area (Å²) in [4.78, 5) is 227. The van der Waals surface area contributed by atoms with Gasteiger partial charge in [-0.1, -0.05) is 60.7 Å². The number of hydrogen-bond donors (Lipinski definition) is 23. The van der Waals surface area contributed by atoms with Crippen LogP contribution in [0.25, 0.3) is 0 Å². The van der Waals surface area contributed by atoms with Crippen LogP contribution in [0.15, 0.2) is 65.7 Å². The zero-order valence-corrected chi connectivity index (χ0v) is 55.2. The molecule has 0 spiro atoms. The Labute approximate surface area is 576 Å².